The molecule has 0 bridgehead atoms. The highest BCUT2D eigenvalue weighted by Gasteiger charge is 2.28. The van der Waals surface area contributed by atoms with Crippen molar-refractivity contribution in [3.05, 3.63) is 41.2 Å². The summed E-state index contributed by atoms with van der Waals surface area (Å²) < 4.78 is 7.05. The van der Waals surface area contributed by atoms with Crippen LogP contribution in [0.3, 0.4) is 0 Å². The SMILES string of the molecule is CN(Cc1cnn(C)c1)C(=O)CN1C(=O)COc2ccc(Cl)cc21. The highest BCUT2D eigenvalue weighted by atomic mass is 35.5. The lowest BCUT2D eigenvalue weighted by Crippen LogP contribution is -2.45. The van der Waals surface area contributed by atoms with E-state index in [1.165, 1.54) is 4.90 Å². The van der Waals surface area contributed by atoms with Crippen LogP contribution in [0, 0.1) is 0 Å². The van der Waals surface area contributed by atoms with Crippen LogP contribution in [-0.4, -0.2) is 46.7 Å². The molecule has 1 aromatic carbocycles. The van der Waals surface area contributed by atoms with Gasteiger partial charge in [-0.1, -0.05) is 11.6 Å². The predicted molar refractivity (Wildman–Crippen MR) is 89.0 cm³/mol. The van der Waals surface area contributed by atoms with Crippen LogP contribution in [0.5, 0.6) is 5.75 Å². The molecular weight excluding hydrogens is 332 g/mol. The fourth-order valence-corrected chi connectivity index (χ4v) is 2.69. The summed E-state index contributed by atoms with van der Waals surface area (Å²) in [5.41, 5.74) is 1.44. The van der Waals surface area contributed by atoms with Gasteiger partial charge in [0.2, 0.25) is 5.91 Å². The Balaban J connectivity index is 1.74. The van der Waals surface area contributed by atoms with Gasteiger partial charge in [0.05, 0.1) is 11.9 Å². The number of rotatable bonds is 4. The van der Waals surface area contributed by atoms with Gasteiger partial charge in [-0.3, -0.25) is 19.2 Å². The van der Waals surface area contributed by atoms with E-state index in [-0.39, 0.29) is 25.0 Å². The molecule has 0 spiro atoms. The van der Waals surface area contributed by atoms with E-state index in [9.17, 15) is 9.59 Å². The zero-order valence-corrected chi connectivity index (χ0v) is 14.2. The average Bonchev–Trinajstić information content (AvgIpc) is 2.95. The minimum absolute atomic E-state index is 0.0632. The van der Waals surface area contributed by atoms with Crippen LogP contribution in [0.2, 0.25) is 5.02 Å². The summed E-state index contributed by atoms with van der Waals surface area (Å²) in [4.78, 5) is 27.6. The van der Waals surface area contributed by atoms with Crippen molar-refractivity contribution in [1.29, 1.82) is 0 Å². The number of carbonyl (C=O) groups excluding carboxylic acids is 2. The molecule has 0 saturated carbocycles. The van der Waals surface area contributed by atoms with Crippen LogP contribution >= 0.6 is 11.6 Å². The second kappa shape index (κ2) is 6.52. The Bertz CT molecular complexity index is 789. The Morgan fingerprint density at radius 2 is 2.25 bits per heavy atom. The van der Waals surface area contributed by atoms with E-state index in [2.05, 4.69) is 5.10 Å². The Kier molecular flexibility index (Phi) is 4.44. The number of aromatic nitrogens is 2. The van der Waals surface area contributed by atoms with E-state index in [0.29, 0.717) is 23.0 Å². The van der Waals surface area contributed by atoms with Crippen molar-refractivity contribution in [1.82, 2.24) is 14.7 Å². The first-order valence-electron chi connectivity index (χ1n) is 7.38. The van der Waals surface area contributed by atoms with E-state index in [4.69, 9.17) is 16.3 Å². The molecule has 0 unspecified atom stereocenters. The third-order valence-electron chi connectivity index (χ3n) is 3.76. The first-order chi connectivity index (χ1) is 11.4. The predicted octanol–water partition coefficient (Wildman–Crippen LogP) is 1.46. The standard InChI is InChI=1S/C16H17ClN4O3/c1-19(7-11-6-18-20(2)8-11)15(22)9-21-13-5-12(17)3-4-14(13)24-10-16(21)23/h3-6,8H,7,9-10H2,1-2H3. The number of aryl methyl sites for hydroxylation is 1. The molecule has 126 valence electrons. The van der Waals surface area contributed by atoms with Gasteiger partial charge in [0, 0.05) is 37.4 Å². The molecule has 0 atom stereocenters. The molecule has 2 amide bonds. The third-order valence-corrected chi connectivity index (χ3v) is 4.00. The number of halogens is 1. The second-order valence-electron chi connectivity index (χ2n) is 5.65. The number of anilines is 1. The Morgan fingerprint density at radius 3 is 2.96 bits per heavy atom. The largest absolute Gasteiger partial charge is 0.482 e. The van der Waals surface area contributed by atoms with Gasteiger partial charge in [0.15, 0.2) is 6.61 Å². The zero-order chi connectivity index (χ0) is 17.3. The van der Waals surface area contributed by atoms with Crippen LogP contribution < -0.4 is 9.64 Å². The minimum Gasteiger partial charge on any atom is -0.482 e. The summed E-state index contributed by atoms with van der Waals surface area (Å²) in [5, 5.41) is 4.56. The lowest BCUT2D eigenvalue weighted by Gasteiger charge is -2.30. The summed E-state index contributed by atoms with van der Waals surface area (Å²) in [5.74, 6) is 0.0923. The number of likely N-dealkylation sites (N-methyl/N-ethyl adjacent to an activating group) is 1. The van der Waals surface area contributed by atoms with Gasteiger partial charge in [0.1, 0.15) is 12.3 Å². The Hall–Kier alpha value is -2.54. The quantitative estimate of drug-likeness (QED) is 0.839. The summed E-state index contributed by atoms with van der Waals surface area (Å²) in [6, 6.07) is 5.01. The van der Waals surface area contributed by atoms with E-state index in [1.807, 2.05) is 13.2 Å². The molecule has 7 nitrogen and oxygen atoms in total. The van der Waals surface area contributed by atoms with E-state index >= 15 is 0 Å². The first kappa shape index (κ1) is 16.3. The van der Waals surface area contributed by atoms with Crippen molar-refractivity contribution in [3.63, 3.8) is 0 Å². The number of benzene rings is 1. The van der Waals surface area contributed by atoms with Crippen molar-refractivity contribution < 1.29 is 14.3 Å². The number of fused-ring (bicyclic) bond motifs is 1. The molecule has 2 heterocycles. The van der Waals surface area contributed by atoms with Crippen LogP contribution in [0.1, 0.15) is 5.56 Å². The fraction of sp³-hybridized carbons (Fsp3) is 0.312. The molecule has 8 heteroatoms. The average molecular weight is 349 g/mol. The molecule has 2 aromatic rings. The van der Waals surface area contributed by atoms with Crippen LogP contribution in [0.15, 0.2) is 30.6 Å². The van der Waals surface area contributed by atoms with Gasteiger partial charge in [-0.15, -0.1) is 0 Å². The maximum atomic E-state index is 12.5. The zero-order valence-electron chi connectivity index (χ0n) is 13.4. The van der Waals surface area contributed by atoms with Crippen molar-refractivity contribution in [2.75, 3.05) is 25.1 Å². The fourth-order valence-electron chi connectivity index (χ4n) is 2.52. The van der Waals surface area contributed by atoms with Crippen LogP contribution in [0.25, 0.3) is 0 Å². The Morgan fingerprint density at radius 1 is 1.46 bits per heavy atom. The molecule has 1 aromatic heterocycles. The monoisotopic (exact) mass is 348 g/mol. The molecule has 1 aliphatic rings. The molecule has 0 aliphatic carbocycles. The highest BCUT2D eigenvalue weighted by molar-refractivity contribution is 6.31. The van der Waals surface area contributed by atoms with Gasteiger partial charge in [-0.05, 0) is 18.2 Å². The van der Waals surface area contributed by atoms with Gasteiger partial charge >= 0.3 is 0 Å². The van der Waals surface area contributed by atoms with Crippen molar-refractivity contribution in [2.45, 2.75) is 6.54 Å². The van der Waals surface area contributed by atoms with Crippen molar-refractivity contribution in [2.24, 2.45) is 7.05 Å². The van der Waals surface area contributed by atoms with Crippen molar-refractivity contribution >= 4 is 29.1 Å². The summed E-state index contributed by atoms with van der Waals surface area (Å²) in [6.07, 6.45) is 3.55. The first-order valence-corrected chi connectivity index (χ1v) is 7.76. The van der Waals surface area contributed by atoms with E-state index in [0.717, 1.165) is 5.56 Å². The third kappa shape index (κ3) is 3.35. The van der Waals surface area contributed by atoms with Gasteiger partial charge in [-0.25, -0.2) is 0 Å². The number of ether oxygens (including phenoxy) is 1. The molecule has 0 N–H and O–H groups in total. The smallest absolute Gasteiger partial charge is 0.265 e. The van der Waals surface area contributed by atoms with Gasteiger partial charge in [-0.2, -0.15) is 5.10 Å². The summed E-state index contributed by atoms with van der Waals surface area (Å²) in [7, 11) is 3.51. The molecule has 0 fully saturated rings. The number of carbonyl (C=O) groups is 2. The molecule has 0 radical (unpaired) electrons. The molecule has 24 heavy (non-hydrogen) atoms. The van der Waals surface area contributed by atoms with Crippen LogP contribution in [0.4, 0.5) is 5.69 Å². The van der Waals surface area contributed by atoms with Gasteiger partial charge < -0.3 is 9.64 Å². The maximum absolute atomic E-state index is 12.5. The molecule has 1 aliphatic heterocycles. The highest BCUT2D eigenvalue weighted by Crippen LogP contribution is 2.34. The van der Waals surface area contributed by atoms with Crippen LogP contribution in [-0.2, 0) is 23.2 Å². The Labute approximate surface area is 144 Å². The van der Waals surface area contributed by atoms with E-state index < -0.39 is 0 Å². The summed E-state index contributed by atoms with van der Waals surface area (Å²) >= 11 is 6.00. The number of hydrogen-bond acceptors (Lipinski definition) is 4. The van der Waals surface area contributed by atoms with Crippen molar-refractivity contribution in [3.8, 4) is 5.75 Å². The lowest BCUT2D eigenvalue weighted by atomic mass is 10.2. The normalized spacial score (nSPS) is 13.5. The topological polar surface area (TPSA) is 67.7 Å². The second-order valence-corrected chi connectivity index (χ2v) is 6.09. The maximum Gasteiger partial charge on any atom is 0.265 e. The molecular formula is C16H17ClN4O3. The summed E-state index contributed by atoms with van der Waals surface area (Å²) in [6.45, 7) is 0.272. The van der Waals surface area contributed by atoms with E-state index in [1.54, 1.807) is 41.0 Å². The van der Waals surface area contributed by atoms with Gasteiger partial charge in [0.25, 0.3) is 5.91 Å². The minimum atomic E-state index is -0.270. The number of hydrogen-bond donors (Lipinski definition) is 0. The number of amides is 2. The molecule has 3 rings (SSSR count). The molecule has 0 saturated heterocycles. The lowest BCUT2D eigenvalue weighted by molar-refractivity contribution is -0.131. The number of nitrogens with zero attached hydrogens (tertiary/aromatic N) is 4.